The van der Waals surface area contributed by atoms with Gasteiger partial charge in [0, 0.05) is 19.2 Å². The molecule has 0 fully saturated rings. The van der Waals surface area contributed by atoms with Crippen LogP contribution < -0.4 is 15.0 Å². The second-order valence-electron chi connectivity index (χ2n) is 6.27. The van der Waals surface area contributed by atoms with Gasteiger partial charge < -0.3 is 19.9 Å². The summed E-state index contributed by atoms with van der Waals surface area (Å²) in [7, 11) is 3.98. The number of carbonyl (C=O) groups is 2. The second kappa shape index (κ2) is 9.93. The van der Waals surface area contributed by atoms with E-state index in [0.29, 0.717) is 12.2 Å². The van der Waals surface area contributed by atoms with Gasteiger partial charge >= 0.3 is 0 Å². The zero-order valence-electron chi connectivity index (χ0n) is 15.3. The Balaban J connectivity index is 2.60. The van der Waals surface area contributed by atoms with Gasteiger partial charge in [0.25, 0.3) is 0 Å². The lowest BCUT2D eigenvalue weighted by atomic mass is 10.2. The van der Waals surface area contributed by atoms with Gasteiger partial charge in [-0.25, -0.2) is 0 Å². The molecule has 6 heteroatoms. The molecule has 0 aliphatic heterocycles. The molecule has 0 aliphatic rings. The molecule has 24 heavy (non-hydrogen) atoms. The summed E-state index contributed by atoms with van der Waals surface area (Å²) in [5.74, 6) is 0.410. The van der Waals surface area contributed by atoms with Crippen LogP contribution in [0.3, 0.4) is 0 Å². The summed E-state index contributed by atoms with van der Waals surface area (Å²) < 4.78 is 5.59. The Bertz CT molecular complexity index is 527. The van der Waals surface area contributed by atoms with E-state index >= 15 is 0 Å². The van der Waals surface area contributed by atoms with Crippen LogP contribution in [0.1, 0.15) is 27.2 Å². The van der Waals surface area contributed by atoms with Gasteiger partial charge in [-0.2, -0.15) is 0 Å². The molecule has 1 aromatic carbocycles. The summed E-state index contributed by atoms with van der Waals surface area (Å²) in [6.07, 6.45) is 0.966. The Hall–Kier alpha value is -2.08. The van der Waals surface area contributed by atoms with Crippen LogP contribution in [0.4, 0.5) is 5.69 Å². The van der Waals surface area contributed by atoms with Crippen molar-refractivity contribution in [3.63, 3.8) is 0 Å². The van der Waals surface area contributed by atoms with Crippen molar-refractivity contribution >= 4 is 17.5 Å². The molecule has 6 nitrogen and oxygen atoms in total. The number of benzene rings is 1. The Morgan fingerprint density at radius 1 is 1.17 bits per heavy atom. The van der Waals surface area contributed by atoms with Crippen molar-refractivity contribution in [1.29, 1.82) is 0 Å². The fourth-order valence-electron chi connectivity index (χ4n) is 2.18. The molecule has 0 saturated heterocycles. The number of carbonyl (C=O) groups excluding carboxylic acids is 2. The van der Waals surface area contributed by atoms with Crippen LogP contribution in [-0.2, 0) is 9.59 Å². The van der Waals surface area contributed by atoms with E-state index in [1.165, 1.54) is 11.8 Å². The lowest BCUT2D eigenvalue weighted by molar-refractivity contribution is -0.123. The van der Waals surface area contributed by atoms with Gasteiger partial charge in [-0.05, 0) is 65.2 Å². The molecule has 0 aliphatic carbocycles. The van der Waals surface area contributed by atoms with Gasteiger partial charge in [0.05, 0.1) is 6.10 Å². The van der Waals surface area contributed by atoms with Crippen LogP contribution in [0.15, 0.2) is 24.3 Å². The highest BCUT2D eigenvalue weighted by Crippen LogP contribution is 2.20. The van der Waals surface area contributed by atoms with Crippen molar-refractivity contribution in [2.24, 2.45) is 0 Å². The average Bonchev–Trinajstić information content (AvgIpc) is 2.49. The molecule has 1 N–H and O–H groups in total. The molecular formula is C18H29N3O3. The first-order chi connectivity index (χ1) is 11.3. The third-order valence-corrected chi connectivity index (χ3v) is 3.31. The molecule has 134 valence electrons. The SMILES string of the molecule is CC(=O)N(CC(=O)NCCCN(C)C)c1ccc(OC(C)C)cc1. The van der Waals surface area contributed by atoms with Crippen LogP contribution >= 0.6 is 0 Å². The molecule has 0 saturated carbocycles. The predicted octanol–water partition coefficient (Wildman–Crippen LogP) is 1.89. The lowest BCUT2D eigenvalue weighted by Crippen LogP contribution is -2.40. The summed E-state index contributed by atoms with van der Waals surface area (Å²) in [4.78, 5) is 27.4. The molecular weight excluding hydrogens is 306 g/mol. The van der Waals surface area contributed by atoms with Gasteiger partial charge in [-0.3, -0.25) is 9.59 Å². The number of ether oxygens (including phenoxy) is 1. The van der Waals surface area contributed by atoms with E-state index in [0.717, 1.165) is 18.7 Å². The Morgan fingerprint density at radius 3 is 2.29 bits per heavy atom. The van der Waals surface area contributed by atoms with Gasteiger partial charge in [0.1, 0.15) is 12.3 Å². The molecule has 0 spiro atoms. The first-order valence-corrected chi connectivity index (χ1v) is 8.26. The largest absolute Gasteiger partial charge is 0.491 e. The Morgan fingerprint density at radius 2 is 1.79 bits per heavy atom. The summed E-state index contributed by atoms with van der Waals surface area (Å²) in [5, 5.41) is 2.85. The lowest BCUT2D eigenvalue weighted by Gasteiger charge is -2.21. The topological polar surface area (TPSA) is 61.9 Å². The minimum absolute atomic E-state index is 0.0156. The normalized spacial score (nSPS) is 10.8. The molecule has 0 bridgehead atoms. The van der Waals surface area contributed by atoms with E-state index in [4.69, 9.17) is 4.74 Å². The van der Waals surface area contributed by atoms with Gasteiger partial charge in [0.2, 0.25) is 11.8 Å². The zero-order chi connectivity index (χ0) is 18.1. The monoisotopic (exact) mass is 335 g/mol. The summed E-state index contributed by atoms with van der Waals surface area (Å²) in [6, 6.07) is 7.19. The molecule has 0 aromatic heterocycles. The summed E-state index contributed by atoms with van der Waals surface area (Å²) >= 11 is 0. The first kappa shape index (κ1) is 20.0. The van der Waals surface area contributed by atoms with E-state index in [-0.39, 0.29) is 24.5 Å². The molecule has 2 amide bonds. The minimum Gasteiger partial charge on any atom is -0.491 e. The van der Waals surface area contributed by atoms with Crippen molar-refractivity contribution in [1.82, 2.24) is 10.2 Å². The van der Waals surface area contributed by atoms with Crippen LogP contribution in [-0.4, -0.2) is 56.5 Å². The van der Waals surface area contributed by atoms with E-state index in [1.807, 2.05) is 27.9 Å². The summed E-state index contributed by atoms with van der Waals surface area (Å²) in [6.45, 7) is 6.89. The highest BCUT2D eigenvalue weighted by Gasteiger charge is 2.15. The third kappa shape index (κ3) is 7.46. The fraction of sp³-hybridized carbons (Fsp3) is 0.556. The average molecular weight is 335 g/mol. The smallest absolute Gasteiger partial charge is 0.240 e. The van der Waals surface area contributed by atoms with Crippen molar-refractivity contribution in [3.8, 4) is 5.75 Å². The molecule has 0 atom stereocenters. The van der Waals surface area contributed by atoms with Crippen LogP contribution in [0, 0.1) is 0 Å². The first-order valence-electron chi connectivity index (χ1n) is 8.26. The van der Waals surface area contributed by atoms with Crippen molar-refractivity contribution < 1.29 is 14.3 Å². The van der Waals surface area contributed by atoms with Crippen LogP contribution in [0.5, 0.6) is 5.75 Å². The van der Waals surface area contributed by atoms with Gasteiger partial charge in [-0.1, -0.05) is 0 Å². The second-order valence-corrected chi connectivity index (χ2v) is 6.27. The Labute approximate surface area is 144 Å². The van der Waals surface area contributed by atoms with Crippen LogP contribution in [0.25, 0.3) is 0 Å². The fourth-order valence-corrected chi connectivity index (χ4v) is 2.18. The van der Waals surface area contributed by atoms with Crippen molar-refractivity contribution in [3.05, 3.63) is 24.3 Å². The number of amides is 2. The van der Waals surface area contributed by atoms with Crippen molar-refractivity contribution in [2.45, 2.75) is 33.3 Å². The van der Waals surface area contributed by atoms with Crippen LogP contribution in [0.2, 0.25) is 0 Å². The number of hydrogen-bond acceptors (Lipinski definition) is 4. The number of anilines is 1. The molecule has 1 rings (SSSR count). The predicted molar refractivity (Wildman–Crippen MR) is 96.4 cm³/mol. The number of nitrogens with zero attached hydrogens (tertiary/aromatic N) is 2. The standard InChI is InChI=1S/C18H29N3O3/c1-14(2)24-17-9-7-16(8-10-17)21(15(3)22)13-18(23)19-11-6-12-20(4)5/h7-10,14H,6,11-13H2,1-5H3,(H,19,23). The van der Waals surface area contributed by atoms with Gasteiger partial charge in [0.15, 0.2) is 0 Å². The molecule has 0 unspecified atom stereocenters. The number of rotatable bonds is 9. The highest BCUT2D eigenvalue weighted by atomic mass is 16.5. The maximum Gasteiger partial charge on any atom is 0.240 e. The van der Waals surface area contributed by atoms with E-state index in [9.17, 15) is 9.59 Å². The maximum atomic E-state index is 12.0. The molecule has 0 heterocycles. The van der Waals surface area contributed by atoms with E-state index in [2.05, 4.69) is 10.2 Å². The Kier molecular flexibility index (Phi) is 8.26. The molecule has 1 aromatic rings. The summed E-state index contributed by atoms with van der Waals surface area (Å²) in [5.41, 5.74) is 0.682. The quantitative estimate of drug-likeness (QED) is 0.700. The number of nitrogens with one attached hydrogen (secondary N) is 1. The highest BCUT2D eigenvalue weighted by molar-refractivity contribution is 5.97. The molecule has 0 radical (unpaired) electrons. The van der Waals surface area contributed by atoms with E-state index < -0.39 is 0 Å². The zero-order valence-corrected chi connectivity index (χ0v) is 15.3. The third-order valence-electron chi connectivity index (χ3n) is 3.31. The maximum absolute atomic E-state index is 12.0. The van der Waals surface area contributed by atoms with Crippen molar-refractivity contribution in [2.75, 3.05) is 38.6 Å². The van der Waals surface area contributed by atoms with Gasteiger partial charge in [-0.15, -0.1) is 0 Å². The minimum atomic E-state index is -0.170. The number of hydrogen-bond donors (Lipinski definition) is 1. The van der Waals surface area contributed by atoms with E-state index in [1.54, 1.807) is 24.3 Å².